The first-order valence-corrected chi connectivity index (χ1v) is 15.6. The summed E-state index contributed by atoms with van der Waals surface area (Å²) in [6, 6.07) is 0. The lowest BCUT2D eigenvalue weighted by Gasteiger charge is -2.54. The van der Waals surface area contributed by atoms with Crippen molar-refractivity contribution in [3.05, 3.63) is 0 Å². The molecule has 0 N–H and O–H groups in total. The molecule has 2 aliphatic rings. The van der Waals surface area contributed by atoms with Crippen molar-refractivity contribution >= 4 is 14.3 Å². The molecule has 2 rings (SSSR count). The van der Waals surface area contributed by atoms with E-state index in [9.17, 15) is 4.79 Å². The van der Waals surface area contributed by atoms with Gasteiger partial charge in [-0.25, -0.2) is 0 Å². The first-order valence-electron chi connectivity index (χ1n) is 12.7. The van der Waals surface area contributed by atoms with Crippen LogP contribution in [0.3, 0.4) is 0 Å². The number of methoxy groups -OCH3 is 2. The van der Waals surface area contributed by atoms with Crippen molar-refractivity contribution in [2.45, 2.75) is 117 Å². The van der Waals surface area contributed by atoms with E-state index in [4.69, 9.17) is 32.8 Å². The highest BCUT2D eigenvalue weighted by atomic mass is 28.4. The summed E-state index contributed by atoms with van der Waals surface area (Å²) in [5.41, 5.74) is -0.943. The minimum absolute atomic E-state index is 0.101. The fourth-order valence-electron chi connectivity index (χ4n) is 4.31. The molecule has 0 saturated carbocycles. The van der Waals surface area contributed by atoms with Crippen molar-refractivity contribution in [2.75, 3.05) is 34.2 Å². The van der Waals surface area contributed by atoms with Crippen LogP contribution < -0.4 is 0 Å². The van der Waals surface area contributed by atoms with Crippen LogP contribution >= 0.6 is 0 Å². The predicted molar refractivity (Wildman–Crippen MR) is 137 cm³/mol. The van der Waals surface area contributed by atoms with E-state index < -0.39 is 25.9 Å². The Hall–Kier alpha value is -0.553. The molecule has 2 heterocycles. The Morgan fingerprint density at radius 2 is 1.69 bits per heavy atom. The Kier molecular flexibility index (Phi) is 10.0. The van der Waals surface area contributed by atoms with Gasteiger partial charge in [0, 0.05) is 26.1 Å². The average Bonchev–Trinajstić information content (AvgIpc) is 2.73. The van der Waals surface area contributed by atoms with E-state index in [2.05, 4.69) is 47.7 Å². The van der Waals surface area contributed by atoms with Crippen molar-refractivity contribution in [1.29, 1.82) is 0 Å². The number of hydrogen-bond donors (Lipinski definition) is 0. The van der Waals surface area contributed by atoms with E-state index >= 15 is 0 Å². The smallest absolute Gasteiger partial charge is 0.311 e. The molecule has 0 unspecified atom stereocenters. The molecule has 0 radical (unpaired) electrons. The Labute approximate surface area is 213 Å². The molecule has 35 heavy (non-hydrogen) atoms. The molecule has 8 nitrogen and oxygen atoms in total. The third kappa shape index (κ3) is 7.27. The number of fused-ring (bicyclic) bond motifs is 1. The van der Waals surface area contributed by atoms with Gasteiger partial charge in [-0.05, 0) is 38.9 Å². The van der Waals surface area contributed by atoms with Gasteiger partial charge < -0.3 is 32.8 Å². The number of hydrogen-bond acceptors (Lipinski definition) is 8. The summed E-state index contributed by atoms with van der Waals surface area (Å²) in [5, 5.41) is 0.120. The van der Waals surface area contributed by atoms with E-state index in [0.717, 1.165) is 0 Å². The Bertz CT molecular complexity index is 696. The predicted octanol–water partition coefficient (Wildman–Crippen LogP) is 4.55. The molecule has 0 aliphatic carbocycles. The van der Waals surface area contributed by atoms with E-state index in [-0.39, 0.29) is 54.2 Å². The standard InChI is InChI=1S/C26H50O8Si/c1-24(2,3)23(27)30-15-18-20-21(32-16-31-18)22(29-10)26(7,8)19(34-20)13-17(28-9)14-33-35(11,12)25(4,5)6/h17-22H,13-16H2,1-12H3/t17-,18-,19-,20-,21+,22-/m1/s1. The number of ether oxygens (including phenoxy) is 6. The molecule has 2 fully saturated rings. The fraction of sp³-hybridized carbons (Fsp3) is 0.962. The molecule has 0 aromatic carbocycles. The first kappa shape index (κ1) is 30.7. The minimum atomic E-state index is -1.92. The van der Waals surface area contributed by atoms with Crippen LogP contribution in [0, 0.1) is 10.8 Å². The summed E-state index contributed by atoms with van der Waals surface area (Å²) in [7, 11) is 1.50. The Balaban J connectivity index is 2.17. The molecular weight excluding hydrogens is 468 g/mol. The normalized spacial score (nSPS) is 30.5. The summed E-state index contributed by atoms with van der Waals surface area (Å²) in [6.45, 7) is 21.6. The van der Waals surface area contributed by atoms with Crippen LogP contribution in [-0.2, 0) is 37.6 Å². The third-order valence-electron chi connectivity index (χ3n) is 7.91. The van der Waals surface area contributed by atoms with Gasteiger partial charge in [-0.15, -0.1) is 0 Å². The zero-order valence-electron chi connectivity index (χ0n) is 24.1. The largest absolute Gasteiger partial charge is 0.462 e. The van der Waals surface area contributed by atoms with Crippen LogP contribution in [-0.4, -0.2) is 85.1 Å². The minimum Gasteiger partial charge on any atom is -0.462 e. The Morgan fingerprint density at radius 1 is 1.06 bits per heavy atom. The SMILES string of the molecule is CO[C@@H](CO[Si](C)(C)C(C)(C)C)C[C@H]1O[C@H]2[C@H](OCO[C@@H]2COC(=O)C(C)(C)C)[C@@H](OC)C1(C)C. The van der Waals surface area contributed by atoms with Crippen LogP contribution in [0.1, 0.15) is 61.8 Å². The maximum absolute atomic E-state index is 12.4. The van der Waals surface area contributed by atoms with Crippen molar-refractivity contribution in [3.8, 4) is 0 Å². The summed E-state index contributed by atoms with van der Waals surface area (Å²) in [4.78, 5) is 12.4. The van der Waals surface area contributed by atoms with Crippen molar-refractivity contribution in [2.24, 2.45) is 10.8 Å². The zero-order valence-corrected chi connectivity index (χ0v) is 25.1. The lowest BCUT2D eigenvalue weighted by Crippen LogP contribution is -2.66. The van der Waals surface area contributed by atoms with Crippen LogP contribution in [0.5, 0.6) is 0 Å². The summed E-state index contributed by atoms with van der Waals surface area (Å²) in [6.07, 6.45) is -1.13. The zero-order chi connectivity index (χ0) is 26.8. The van der Waals surface area contributed by atoms with Crippen molar-refractivity contribution < 1.29 is 37.6 Å². The van der Waals surface area contributed by atoms with Gasteiger partial charge in [-0.3, -0.25) is 4.79 Å². The van der Waals surface area contributed by atoms with Gasteiger partial charge in [-0.1, -0.05) is 34.6 Å². The van der Waals surface area contributed by atoms with Crippen LogP contribution in [0.2, 0.25) is 18.1 Å². The van der Waals surface area contributed by atoms with E-state index in [1.165, 1.54) is 0 Å². The van der Waals surface area contributed by atoms with Gasteiger partial charge in [0.25, 0.3) is 0 Å². The maximum Gasteiger partial charge on any atom is 0.311 e. The maximum atomic E-state index is 12.4. The van der Waals surface area contributed by atoms with Crippen LogP contribution in [0.15, 0.2) is 0 Å². The second kappa shape index (κ2) is 11.5. The molecule has 9 heteroatoms. The second-order valence-corrected chi connectivity index (χ2v) is 17.8. The van der Waals surface area contributed by atoms with Gasteiger partial charge in [0.15, 0.2) is 8.32 Å². The van der Waals surface area contributed by atoms with Gasteiger partial charge in [0.05, 0.1) is 30.3 Å². The van der Waals surface area contributed by atoms with Crippen molar-refractivity contribution in [1.82, 2.24) is 0 Å². The molecule has 0 spiro atoms. The molecule has 2 aliphatic heterocycles. The van der Waals surface area contributed by atoms with Gasteiger partial charge >= 0.3 is 5.97 Å². The molecule has 0 bridgehead atoms. The fourth-order valence-corrected chi connectivity index (χ4v) is 5.34. The average molecular weight is 519 g/mol. The number of carbonyl (C=O) groups is 1. The second-order valence-electron chi connectivity index (χ2n) is 13.0. The third-order valence-corrected chi connectivity index (χ3v) is 12.4. The molecular formula is C26H50O8Si. The molecule has 0 aromatic heterocycles. The van der Waals surface area contributed by atoms with Gasteiger partial charge in [0.1, 0.15) is 31.7 Å². The van der Waals surface area contributed by atoms with Crippen molar-refractivity contribution in [3.63, 3.8) is 0 Å². The summed E-state index contributed by atoms with van der Waals surface area (Å²) >= 11 is 0. The highest BCUT2D eigenvalue weighted by molar-refractivity contribution is 6.74. The van der Waals surface area contributed by atoms with E-state index in [1.54, 1.807) is 14.2 Å². The quantitative estimate of drug-likeness (QED) is 0.325. The highest BCUT2D eigenvalue weighted by Crippen LogP contribution is 2.44. The summed E-state index contributed by atoms with van der Waals surface area (Å²) in [5.74, 6) is -0.276. The van der Waals surface area contributed by atoms with E-state index in [0.29, 0.717) is 13.0 Å². The highest BCUT2D eigenvalue weighted by Gasteiger charge is 2.56. The number of esters is 1. The molecule has 2 saturated heterocycles. The summed E-state index contributed by atoms with van der Waals surface area (Å²) < 4.78 is 42.3. The lowest BCUT2D eigenvalue weighted by atomic mass is 9.72. The van der Waals surface area contributed by atoms with E-state index in [1.807, 2.05) is 20.8 Å². The van der Waals surface area contributed by atoms with Crippen LogP contribution in [0.25, 0.3) is 0 Å². The Morgan fingerprint density at radius 3 is 2.20 bits per heavy atom. The molecule has 6 atom stereocenters. The first-order chi connectivity index (χ1) is 16.0. The molecule has 0 aromatic rings. The number of carbonyl (C=O) groups excluding carboxylic acids is 1. The van der Waals surface area contributed by atoms with Gasteiger partial charge in [-0.2, -0.15) is 0 Å². The topological polar surface area (TPSA) is 81.7 Å². The number of rotatable bonds is 9. The molecule has 206 valence electrons. The molecule has 0 amide bonds. The van der Waals surface area contributed by atoms with Gasteiger partial charge in [0.2, 0.25) is 0 Å². The van der Waals surface area contributed by atoms with Crippen LogP contribution in [0.4, 0.5) is 0 Å². The lowest BCUT2D eigenvalue weighted by molar-refractivity contribution is -0.332. The monoisotopic (exact) mass is 518 g/mol.